The molecule has 2 aliphatic rings. The van der Waals surface area contributed by atoms with E-state index in [1.54, 1.807) is 4.90 Å². The fraction of sp³-hybridized carbons (Fsp3) is 0.611. The molecule has 3 N–H and O–H groups in total. The van der Waals surface area contributed by atoms with Crippen molar-refractivity contribution in [2.24, 2.45) is 0 Å². The van der Waals surface area contributed by atoms with Crippen LogP contribution in [-0.4, -0.2) is 77.9 Å². The molecule has 11 nitrogen and oxygen atoms in total. The van der Waals surface area contributed by atoms with Gasteiger partial charge in [-0.2, -0.15) is 5.10 Å². The third kappa shape index (κ3) is 5.62. The van der Waals surface area contributed by atoms with Crippen LogP contribution in [0.25, 0.3) is 0 Å². The van der Waals surface area contributed by atoms with Gasteiger partial charge < -0.3 is 25.2 Å². The van der Waals surface area contributed by atoms with E-state index in [9.17, 15) is 19.2 Å². The van der Waals surface area contributed by atoms with Gasteiger partial charge >= 0.3 is 6.09 Å². The zero-order chi connectivity index (χ0) is 21.7. The topological polar surface area (TPSA) is 137 Å². The van der Waals surface area contributed by atoms with Crippen molar-refractivity contribution in [3.63, 3.8) is 0 Å². The molecular weight excluding hydrogens is 416 g/mol. The molecule has 0 aromatic carbocycles. The van der Waals surface area contributed by atoms with Crippen LogP contribution >= 0.6 is 11.6 Å². The van der Waals surface area contributed by atoms with Crippen molar-refractivity contribution in [3.8, 4) is 0 Å². The monoisotopic (exact) mass is 440 g/mol. The molecule has 12 heteroatoms. The summed E-state index contributed by atoms with van der Waals surface area (Å²) < 4.78 is 5.51. The summed E-state index contributed by atoms with van der Waals surface area (Å²) in [5.74, 6) is -0.379. The molecule has 1 atom stereocenters. The summed E-state index contributed by atoms with van der Waals surface area (Å²) in [7, 11) is 0. The lowest BCUT2D eigenvalue weighted by atomic mass is 10.1. The Hall–Kier alpha value is -2.82. The molecule has 2 saturated heterocycles. The van der Waals surface area contributed by atoms with Crippen LogP contribution < -0.4 is 21.1 Å². The Morgan fingerprint density at radius 1 is 1.27 bits per heavy atom. The van der Waals surface area contributed by atoms with Crippen molar-refractivity contribution in [2.75, 3.05) is 37.6 Å². The predicted octanol–water partition coefficient (Wildman–Crippen LogP) is -0.145. The lowest BCUT2D eigenvalue weighted by molar-refractivity contribution is -0.133. The molecule has 3 amide bonds. The number of alkyl carbamates (subject to hydrolysis) is 1. The number of hydrogen-bond acceptors (Lipinski definition) is 7. The lowest BCUT2D eigenvalue weighted by Gasteiger charge is -2.32. The second-order valence-corrected chi connectivity index (χ2v) is 7.75. The van der Waals surface area contributed by atoms with Crippen LogP contribution in [0.2, 0.25) is 5.02 Å². The number of nitrogens with one attached hydrogen (secondary N) is 3. The molecule has 2 fully saturated rings. The normalized spacial score (nSPS) is 19.5. The van der Waals surface area contributed by atoms with Crippen molar-refractivity contribution < 1.29 is 19.1 Å². The second kappa shape index (κ2) is 9.79. The summed E-state index contributed by atoms with van der Waals surface area (Å²) in [4.78, 5) is 50.3. The van der Waals surface area contributed by atoms with E-state index < -0.39 is 11.7 Å². The number of halogens is 1. The van der Waals surface area contributed by atoms with Gasteiger partial charge in [-0.3, -0.25) is 14.4 Å². The van der Waals surface area contributed by atoms with Crippen LogP contribution in [0.1, 0.15) is 26.2 Å². The number of H-pyrrole nitrogens is 1. The number of amides is 3. The maximum atomic E-state index is 12.3. The number of ether oxygens (including phenoxy) is 1. The summed E-state index contributed by atoms with van der Waals surface area (Å²) in [6.07, 6.45) is 2.51. The number of carbonyl (C=O) groups is 3. The van der Waals surface area contributed by atoms with Gasteiger partial charge in [-0.05, 0) is 12.8 Å². The fourth-order valence-electron chi connectivity index (χ4n) is 3.57. The van der Waals surface area contributed by atoms with Gasteiger partial charge in [0.15, 0.2) is 0 Å². The number of nitrogens with zero attached hydrogens (tertiary/aromatic N) is 3. The number of anilines is 1. The standard InChI is InChI=1S/C18H25ClN6O5/c1-11(26)20-9-15(27)24-5-2-12(3-6-24)22-18(29)30-13-4-7-25(10-13)14-8-21-23-17(28)16(14)19/h8,12-13H,2-7,9-10H2,1H3,(H,20,26)(H,22,29)(H,23,28)/t13-/m1/s1. The zero-order valence-corrected chi connectivity index (χ0v) is 17.4. The zero-order valence-electron chi connectivity index (χ0n) is 16.6. The van der Waals surface area contributed by atoms with Crippen LogP contribution in [0.15, 0.2) is 11.0 Å². The highest BCUT2D eigenvalue weighted by Crippen LogP contribution is 2.25. The average Bonchev–Trinajstić information content (AvgIpc) is 3.16. The number of rotatable bonds is 5. The average molecular weight is 441 g/mol. The molecule has 2 aliphatic heterocycles. The summed E-state index contributed by atoms with van der Waals surface area (Å²) in [6, 6.07) is -0.0776. The van der Waals surface area contributed by atoms with Gasteiger partial charge in [0.1, 0.15) is 11.1 Å². The van der Waals surface area contributed by atoms with Crippen molar-refractivity contribution in [2.45, 2.75) is 38.3 Å². The summed E-state index contributed by atoms with van der Waals surface area (Å²) in [5.41, 5.74) is 0.0569. The molecule has 3 heterocycles. The molecular formula is C18H25ClN6O5. The quantitative estimate of drug-likeness (QED) is 0.579. The lowest BCUT2D eigenvalue weighted by Crippen LogP contribution is -2.49. The maximum absolute atomic E-state index is 12.3. The first-order chi connectivity index (χ1) is 14.3. The summed E-state index contributed by atoms with van der Waals surface area (Å²) >= 11 is 6.03. The van der Waals surface area contributed by atoms with Crippen molar-refractivity contribution in [1.82, 2.24) is 25.7 Å². The minimum Gasteiger partial charge on any atom is -0.444 e. The van der Waals surface area contributed by atoms with Gasteiger partial charge in [-0.1, -0.05) is 11.6 Å². The minimum absolute atomic E-state index is 0.0134. The van der Waals surface area contributed by atoms with Crippen molar-refractivity contribution in [3.05, 3.63) is 21.6 Å². The SMILES string of the molecule is CC(=O)NCC(=O)N1CCC(NC(=O)O[C@@H]2CCN(c3cn[nH]c(=O)c3Cl)C2)CC1. The van der Waals surface area contributed by atoms with Crippen LogP contribution in [-0.2, 0) is 14.3 Å². The van der Waals surface area contributed by atoms with Gasteiger partial charge in [0, 0.05) is 39.0 Å². The number of aromatic nitrogens is 2. The Morgan fingerprint density at radius 2 is 2.00 bits per heavy atom. The minimum atomic E-state index is -0.500. The number of carbonyl (C=O) groups excluding carboxylic acids is 3. The Balaban J connectivity index is 1.40. The van der Waals surface area contributed by atoms with E-state index in [1.807, 2.05) is 4.90 Å². The molecule has 0 aliphatic carbocycles. The highest BCUT2D eigenvalue weighted by molar-refractivity contribution is 6.33. The number of likely N-dealkylation sites (tertiary alicyclic amines) is 1. The number of piperidine rings is 1. The molecule has 30 heavy (non-hydrogen) atoms. The van der Waals surface area contributed by atoms with E-state index in [1.165, 1.54) is 13.1 Å². The van der Waals surface area contributed by atoms with Gasteiger partial charge in [-0.25, -0.2) is 9.89 Å². The Bertz CT molecular complexity index is 854. The van der Waals surface area contributed by atoms with E-state index in [0.29, 0.717) is 51.1 Å². The van der Waals surface area contributed by atoms with E-state index in [4.69, 9.17) is 16.3 Å². The Kier molecular flexibility index (Phi) is 7.14. The Morgan fingerprint density at radius 3 is 2.70 bits per heavy atom. The first-order valence-corrected chi connectivity index (χ1v) is 10.2. The molecule has 1 aromatic heterocycles. The van der Waals surface area contributed by atoms with Crippen molar-refractivity contribution >= 4 is 35.2 Å². The third-order valence-corrected chi connectivity index (χ3v) is 5.56. The summed E-state index contributed by atoms with van der Waals surface area (Å²) in [6.45, 7) is 3.39. The predicted molar refractivity (Wildman–Crippen MR) is 108 cm³/mol. The van der Waals surface area contributed by atoms with Gasteiger partial charge in [0.05, 0.1) is 25.0 Å². The largest absolute Gasteiger partial charge is 0.444 e. The van der Waals surface area contributed by atoms with Crippen LogP contribution in [0.5, 0.6) is 0 Å². The molecule has 0 unspecified atom stereocenters. The number of hydrogen-bond donors (Lipinski definition) is 3. The van der Waals surface area contributed by atoms with E-state index >= 15 is 0 Å². The highest BCUT2D eigenvalue weighted by Gasteiger charge is 2.29. The molecule has 0 bridgehead atoms. The first-order valence-electron chi connectivity index (χ1n) is 9.81. The van der Waals surface area contributed by atoms with Crippen LogP contribution in [0.3, 0.4) is 0 Å². The van der Waals surface area contributed by atoms with Gasteiger partial charge in [-0.15, -0.1) is 0 Å². The van der Waals surface area contributed by atoms with Crippen LogP contribution in [0.4, 0.5) is 10.5 Å². The maximum Gasteiger partial charge on any atom is 0.407 e. The first kappa shape index (κ1) is 21.9. The van der Waals surface area contributed by atoms with Crippen LogP contribution in [0, 0.1) is 0 Å². The van der Waals surface area contributed by atoms with Gasteiger partial charge in [0.25, 0.3) is 5.56 Å². The third-order valence-electron chi connectivity index (χ3n) is 5.19. The Labute approximate surface area is 178 Å². The number of aromatic amines is 1. The van der Waals surface area contributed by atoms with E-state index in [-0.39, 0.29) is 35.5 Å². The molecule has 3 rings (SSSR count). The van der Waals surface area contributed by atoms with Crippen molar-refractivity contribution in [1.29, 1.82) is 0 Å². The highest BCUT2D eigenvalue weighted by atomic mass is 35.5. The summed E-state index contributed by atoms with van der Waals surface area (Å²) in [5, 5.41) is 11.4. The van der Waals surface area contributed by atoms with Gasteiger partial charge in [0.2, 0.25) is 11.8 Å². The molecule has 1 aromatic rings. The molecule has 0 radical (unpaired) electrons. The second-order valence-electron chi connectivity index (χ2n) is 7.37. The van der Waals surface area contributed by atoms with E-state index in [0.717, 1.165) is 0 Å². The molecule has 0 spiro atoms. The fourth-order valence-corrected chi connectivity index (χ4v) is 3.79. The smallest absolute Gasteiger partial charge is 0.407 e. The van der Waals surface area contributed by atoms with E-state index in [2.05, 4.69) is 20.8 Å². The molecule has 0 saturated carbocycles. The molecule has 164 valence electrons.